The molecule has 0 bridgehead atoms. The number of nitrogens with zero attached hydrogens (tertiary/aromatic N) is 2. The first-order valence-corrected chi connectivity index (χ1v) is 6.21. The van der Waals surface area contributed by atoms with E-state index >= 15 is 0 Å². The lowest BCUT2D eigenvalue weighted by Crippen LogP contribution is -2.13. The van der Waals surface area contributed by atoms with Gasteiger partial charge in [0.2, 0.25) is 0 Å². The van der Waals surface area contributed by atoms with Gasteiger partial charge in [-0.15, -0.1) is 5.69 Å². The van der Waals surface area contributed by atoms with Crippen LogP contribution in [0.3, 0.4) is 0 Å². The van der Waals surface area contributed by atoms with E-state index in [9.17, 15) is 0 Å². The van der Waals surface area contributed by atoms with Gasteiger partial charge in [0.15, 0.2) is 6.20 Å². The molecule has 17 heavy (non-hydrogen) atoms. The Balaban J connectivity index is 1.84. The van der Waals surface area contributed by atoms with E-state index in [4.69, 9.17) is 0 Å². The van der Waals surface area contributed by atoms with E-state index < -0.39 is 0 Å². The molecule has 2 aliphatic rings. The van der Waals surface area contributed by atoms with Crippen LogP contribution in [0, 0.1) is 0 Å². The van der Waals surface area contributed by atoms with Crippen molar-refractivity contribution >= 4 is 18.0 Å². The summed E-state index contributed by atoms with van der Waals surface area (Å²) in [5.74, 6) is 0. The molecule has 86 valence electrons. The molecular formula is C15H16N2. The topological polar surface area (TPSA) is 17.1 Å². The highest BCUT2D eigenvalue weighted by Crippen LogP contribution is 2.33. The Labute approximate surface area is 102 Å². The van der Waals surface area contributed by atoms with Gasteiger partial charge in [-0.2, -0.15) is 0 Å². The van der Waals surface area contributed by atoms with Gasteiger partial charge in [-0.25, -0.2) is 4.58 Å². The Morgan fingerprint density at radius 3 is 2.94 bits per heavy atom. The van der Waals surface area contributed by atoms with Gasteiger partial charge >= 0.3 is 0 Å². The molecule has 0 fully saturated rings. The van der Waals surface area contributed by atoms with E-state index in [1.807, 2.05) is 12.1 Å². The van der Waals surface area contributed by atoms with E-state index in [1.165, 1.54) is 24.8 Å². The van der Waals surface area contributed by atoms with E-state index in [0.29, 0.717) is 0 Å². The van der Waals surface area contributed by atoms with Gasteiger partial charge in [-0.05, 0) is 12.0 Å². The summed E-state index contributed by atoms with van der Waals surface area (Å²) in [7, 11) is 0. The van der Waals surface area contributed by atoms with Gasteiger partial charge in [0, 0.05) is 12.8 Å². The van der Waals surface area contributed by atoms with Crippen LogP contribution in [-0.4, -0.2) is 17.3 Å². The van der Waals surface area contributed by atoms with Gasteiger partial charge < -0.3 is 5.32 Å². The number of benzene rings is 1. The minimum Gasteiger partial charge on any atom is -0.653 e. The average molecular weight is 224 g/mol. The average Bonchev–Trinajstić information content (AvgIpc) is 2.40. The molecule has 2 heterocycles. The number of hydrogen-bond donors (Lipinski definition) is 0. The first-order valence-electron chi connectivity index (χ1n) is 6.21. The van der Waals surface area contributed by atoms with Gasteiger partial charge in [-0.3, -0.25) is 0 Å². The van der Waals surface area contributed by atoms with Crippen LogP contribution in [0.25, 0.3) is 11.4 Å². The Kier molecular flexibility index (Phi) is 2.78. The molecule has 0 saturated heterocycles. The largest absolute Gasteiger partial charge is 0.653 e. The Morgan fingerprint density at radius 1 is 1.12 bits per heavy atom. The third-order valence-corrected chi connectivity index (χ3v) is 3.15. The lowest BCUT2D eigenvalue weighted by atomic mass is 10.1. The maximum absolute atomic E-state index is 4.65. The van der Waals surface area contributed by atoms with Crippen molar-refractivity contribution in [2.45, 2.75) is 19.3 Å². The number of fused-ring (bicyclic) bond motifs is 1. The second kappa shape index (κ2) is 4.58. The fourth-order valence-corrected chi connectivity index (χ4v) is 2.23. The summed E-state index contributed by atoms with van der Waals surface area (Å²) < 4.78 is 2.26. The summed E-state index contributed by atoms with van der Waals surface area (Å²) in [4.78, 5) is 0. The Hall–Kier alpha value is -1.83. The van der Waals surface area contributed by atoms with E-state index in [-0.39, 0.29) is 0 Å². The lowest BCUT2D eigenvalue weighted by molar-refractivity contribution is -0.458. The molecule has 3 rings (SSSR count). The normalized spacial score (nSPS) is 20.7. The van der Waals surface area contributed by atoms with E-state index in [2.05, 4.69) is 46.6 Å². The SMILES string of the molecule is C1=Cc2ccccc2[N-]/C1=C/[N+]1=CCCCC1. The molecule has 0 spiro atoms. The number of allylic oxidation sites excluding steroid dienone is 1. The summed E-state index contributed by atoms with van der Waals surface area (Å²) in [5.41, 5.74) is 3.31. The van der Waals surface area contributed by atoms with E-state index in [0.717, 1.165) is 17.9 Å². The van der Waals surface area contributed by atoms with Crippen LogP contribution in [0.2, 0.25) is 0 Å². The molecule has 0 atom stereocenters. The molecule has 0 saturated carbocycles. The number of rotatable bonds is 1. The van der Waals surface area contributed by atoms with Crippen molar-refractivity contribution in [1.29, 1.82) is 0 Å². The van der Waals surface area contributed by atoms with E-state index in [1.54, 1.807) is 0 Å². The van der Waals surface area contributed by atoms with Crippen molar-refractivity contribution in [3.05, 3.63) is 53.1 Å². The van der Waals surface area contributed by atoms with Gasteiger partial charge in [0.1, 0.15) is 12.8 Å². The molecular weight excluding hydrogens is 208 g/mol. The van der Waals surface area contributed by atoms with Crippen molar-refractivity contribution in [1.82, 2.24) is 0 Å². The molecule has 0 radical (unpaired) electrons. The van der Waals surface area contributed by atoms with Gasteiger partial charge in [0.25, 0.3) is 0 Å². The quantitative estimate of drug-likeness (QED) is 0.645. The second-order valence-electron chi connectivity index (χ2n) is 4.47. The molecule has 1 aromatic carbocycles. The highest BCUT2D eigenvalue weighted by atomic mass is 15.0. The maximum atomic E-state index is 4.65. The van der Waals surface area contributed by atoms with Gasteiger partial charge in [-0.1, -0.05) is 42.1 Å². The number of para-hydroxylation sites is 1. The fraction of sp³-hybridized carbons (Fsp3) is 0.267. The Morgan fingerprint density at radius 2 is 2.06 bits per heavy atom. The van der Waals surface area contributed by atoms with Gasteiger partial charge in [0.05, 0.1) is 0 Å². The van der Waals surface area contributed by atoms with Crippen molar-refractivity contribution in [2.24, 2.45) is 0 Å². The highest BCUT2D eigenvalue weighted by molar-refractivity contribution is 5.77. The zero-order valence-electron chi connectivity index (χ0n) is 9.84. The Bertz CT molecular complexity index is 509. The predicted molar refractivity (Wildman–Crippen MR) is 71.6 cm³/mol. The third kappa shape index (κ3) is 2.31. The molecule has 2 heteroatoms. The standard InChI is InChI=1S/C15H16N2/c1-4-10-17(11-5-1)12-14-9-8-13-6-2-3-7-15(13)16-14/h2-3,6-10,12H,1,4-5,11H2/b14-12+. The lowest BCUT2D eigenvalue weighted by Gasteiger charge is -2.28. The third-order valence-electron chi connectivity index (χ3n) is 3.15. The molecule has 0 N–H and O–H groups in total. The van der Waals surface area contributed by atoms with Crippen LogP contribution in [-0.2, 0) is 0 Å². The van der Waals surface area contributed by atoms with Crippen molar-refractivity contribution in [3.8, 4) is 0 Å². The molecule has 2 aliphatic heterocycles. The first-order chi connectivity index (χ1) is 8.42. The van der Waals surface area contributed by atoms with Crippen molar-refractivity contribution < 1.29 is 4.58 Å². The highest BCUT2D eigenvalue weighted by Gasteiger charge is 2.06. The number of hydrogen-bond acceptors (Lipinski definition) is 0. The second-order valence-corrected chi connectivity index (χ2v) is 4.47. The fourth-order valence-electron chi connectivity index (χ4n) is 2.23. The molecule has 0 aromatic heterocycles. The molecule has 0 amide bonds. The van der Waals surface area contributed by atoms with Crippen molar-refractivity contribution in [3.63, 3.8) is 0 Å². The first kappa shape index (κ1) is 10.3. The minimum absolute atomic E-state index is 1.04. The monoisotopic (exact) mass is 224 g/mol. The summed E-state index contributed by atoms with van der Waals surface area (Å²) in [6.07, 6.45) is 12.4. The molecule has 0 aliphatic carbocycles. The smallest absolute Gasteiger partial charge is 0.153 e. The van der Waals surface area contributed by atoms with Crippen molar-refractivity contribution in [2.75, 3.05) is 6.54 Å². The summed E-state index contributed by atoms with van der Waals surface area (Å²) >= 11 is 0. The maximum Gasteiger partial charge on any atom is 0.153 e. The van der Waals surface area contributed by atoms with Crippen LogP contribution < -0.4 is 0 Å². The molecule has 1 aromatic rings. The van der Waals surface area contributed by atoms with Crippen LogP contribution in [0.15, 0.2) is 42.2 Å². The zero-order valence-corrected chi connectivity index (χ0v) is 9.84. The summed E-state index contributed by atoms with van der Waals surface area (Å²) in [6.45, 7) is 1.12. The molecule has 0 unspecified atom stereocenters. The van der Waals surface area contributed by atoms with Crippen LogP contribution in [0.5, 0.6) is 0 Å². The summed E-state index contributed by atoms with van der Waals surface area (Å²) in [6, 6.07) is 8.24. The zero-order chi connectivity index (χ0) is 11.5. The van der Waals surface area contributed by atoms with Crippen LogP contribution >= 0.6 is 0 Å². The van der Waals surface area contributed by atoms with Crippen LogP contribution in [0.4, 0.5) is 5.69 Å². The summed E-state index contributed by atoms with van der Waals surface area (Å²) in [5, 5.41) is 4.65. The molecule has 2 nitrogen and oxygen atoms in total. The minimum atomic E-state index is 1.04. The predicted octanol–water partition coefficient (Wildman–Crippen LogP) is 3.83. The van der Waals surface area contributed by atoms with Crippen LogP contribution in [0.1, 0.15) is 24.8 Å².